The predicted octanol–water partition coefficient (Wildman–Crippen LogP) is 3.91. The standard InChI is InChI=1S/C24H34N4O3.C23H32N2O2.C2H4BrNO.Na.H/c25-22(29)17-27-20-10-6-7-11-21(20)28(24(31)16-23(27)30)19-12-14-26(15-13-19)18-8-4-2-1-3-5-9-18;26-21-16-18-8-6-7-11-22(18)25(23(27)17-21)20-12-14-24(15-13-20)19-9-4-2-1-3-5-10-19;3-1-2(4)5;;/h6-7,10-11,18-19H,1-5,8-9,12-17H2,(H2,25,29);6-8,11,19-20H,1-5,9-10,12-17H2;1H2,(H2,4,5);;/q;;;+1;-1. The van der Waals surface area contributed by atoms with E-state index < -0.39 is 5.91 Å². The van der Waals surface area contributed by atoms with Gasteiger partial charge in [-0.25, -0.2) is 0 Å². The van der Waals surface area contributed by atoms with Crippen molar-refractivity contribution >= 4 is 68.3 Å². The van der Waals surface area contributed by atoms with E-state index in [4.69, 9.17) is 5.73 Å². The summed E-state index contributed by atoms with van der Waals surface area (Å²) >= 11 is 2.84. The first-order valence-corrected chi connectivity index (χ1v) is 24.9. The Morgan fingerprint density at radius 2 is 0.922 bits per heavy atom. The van der Waals surface area contributed by atoms with E-state index >= 15 is 0 Å². The van der Waals surface area contributed by atoms with Gasteiger partial charge in [-0.1, -0.05) is 110 Å². The fourth-order valence-corrected chi connectivity index (χ4v) is 10.8. The summed E-state index contributed by atoms with van der Waals surface area (Å²) in [5, 5.41) is 0.257. The summed E-state index contributed by atoms with van der Waals surface area (Å²) in [6, 6.07) is 17.1. The molecular weight excluding hydrogens is 885 g/mol. The third kappa shape index (κ3) is 14.4. The first-order valence-electron chi connectivity index (χ1n) is 23.8. The number of rotatable bonds is 7. The molecule has 4 N–H and O–H groups in total. The van der Waals surface area contributed by atoms with Crippen molar-refractivity contribution in [1.29, 1.82) is 0 Å². The number of fused-ring (bicyclic) bond motifs is 2. The van der Waals surface area contributed by atoms with E-state index in [1.807, 2.05) is 52.3 Å². The van der Waals surface area contributed by atoms with E-state index in [1.54, 1.807) is 6.07 Å². The number of carbonyl (C=O) groups is 6. The van der Waals surface area contributed by atoms with Crippen LogP contribution in [0.25, 0.3) is 0 Å². The monoisotopic (exact) mass is 955 g/mol. The summed E-state index contributed by atoms with van der Waals surface area (Å²) in [4.78, 5) is 82.4. The van der Waals surface area contributed by atoms with Gasteiger partial charge in [-0.15, -0.1) is 0 Å². The number of halogens is 1. The molecule has 8 rings (SSSR count). The maximum Gasteiger partial charge on any atom is 1.00 e. The SMILES string of the molecule is NC(=O)CBr.NC(=O)CN1C(=O)CC(=O)N(C2CCN(C3CCCCCCC3)CC2)c2ccccc21.O=C1CC(=O)N(C2CCN(C3CCCCCCC3)CC2)c2ccccc2C1.[H-].[Na+]. The maximum atomic E-state index is 13.1. The van der Waals surface area contributed by atoms with Gasteiger partial charge < -0.3 is 37.4 Å². The van der Waals surface area contributed by atoms with Crippen LogP contribution in [0.2, 0.25) is 0 Å². The molecule has 2 aliphatic carbocycles. The number of benzene rings is 2. The van der Waals surface area contributed by atoms with E-state index in [-0.39, 0.29) is 97.2 Å². The van der Waals surface area contributed by atoms with Crippen molar-refractivity contribution in [3.63, 3.8) is 0 Å². The van der Waals surface area contributed by atoms with Crippen LogP contribution in [0, 0.1) is 0 Å². The van der Waals surface area contributed by atoms with Crippen LogP contribution >= 0.6 is 15.9 Å². The Kier molecular flexibility index (Phi) is 21.3. The molecule has 346 valence electrons. The summed E-state index contributed by atoms with van der Waals surface area (Å²) in [5.74, 6) is -1.43. The van der Waals surface area contributed by atoms with Crippen LogP contribution in [0.15, 0.2) is 48.5 Å². The molecule has 0 radical (unpaired) electrons. The maximum absolute atomic E-state index is 13.1. The smallest absolute Gasteiger partial charge is 1.00 e. The second kappa shape index (κ2) is 26.3. The molecule has 0 spiro atoms. The normalized spacial score (nSPS) is 21.7. The Morgan fingerprint density at radius 1 is 0.516 bits per heavy atom. The molecular formula is C49H71BrN7NaO6. The van der Waals surface area contributed by atoms with Crippen LogP contribution in [-0.4, -0.2) is 107 Å². The van der Waals surface area contributed by atoms with Gasteiger partial charge in [0.05, 0.1) is 23.1 Å². The molecule has 2 saturated carbocycles. The Labute approximate surface area is 412 Å². The average molecular weight is 957 g/mol. The summed E-state index contributed by atoms with van der Waals surface area (Å²) < 4.78 is 0. The molecule has 0 unspecified atom stereocenters. The van der Waals surface area contributed by atoms with Crippen molar-refractivity contribution in [3.8, 4) is 0 Å². The van der Waals surface area contributed by atoms with Gasteiger partial charge in [0, 0.05) is 62.5 Å². The number of ketones is 1. The van der Waals surface area contributed by atoms with E-state index in [0.717, 1.165) is 69.2 Å². The topological polar surface area (TPSA) is 171 Å². The molecule has 4 aliphatic heterocycles. The average Bonchev–Trinajstić information content (AvgIpc) is 3.44. The van der Waals surface area contributed by atoms with Gasteiger partial charge in [0.15, 0.2) is 0 Å². The number of Topliss-reactive ketones (excluding diaryl/α,β-unsaturated/α-hetero) is 1. The van der Waals surface area contributed by atoms with Crippen LogP contribution in [-0.2, 0) is 35.2 Å². The molecule has 2 aromatic rings. The van der Waals surface area contributed by atoms with Crippen molar-refractivity contribution in [2.75, 3.05) is 52.8 Å². The minimum atomic E-state index is -0.587. The number of primary amides is 2. The molecule has 0 aromatic heterocycles. The van der Waals surface area contributed by atoms with Crippen molar-refractivity contribution in [1.82, 2.24) is 9.80 Å². The molecule has 13 nitrogen and oxygen atoms in total. The molecule has 4 fully saturated rings. The second-order valence-corrected chi connectivity index (χ2v) is 18.9. The molecule has 2 saturated heterocycles. The Hall–Kier alpha value is -3.14. The molecule has 5 amide bonds. The van der Waals surface area contributed by atoms with Gasteiger partial charge in [0.25, 0.3) is 0 Å². The van der Waals surface area contributed by atoms with Gasteiger partial charge >= 0.3 is 29.6 Å². The number of likely N-dealkylation sites (tertiary alicyclic amines) is 2. The summed E-state index contributed by atoms with van der Waals surface area (Å²) in [5.41, 5.74) is 13.3. The number of nitrogens with two attached hydrogens (primary N) is 2. The first-order chi connectivity index (χ1) is 30.5. The summed E-state index contributed by atoms with van der Waals surface area (Å²) in [6.45, 7) is 3.92. The molecule has 2 aromatic carbocycles. The number of amides is 5. The number of para-hydroxylation sites is 3. The van der Waals surface area contributed by atoms with E-state index in [2.05, 4.69) is 31.5 Å². The Bertz CT molecular complexity index is 1880. The third-order valence-corrected chi connectivity index (χ3v) is 14.5. The minimum absolute atomic E-state index is 0. The number of anilines is 3. The quantitative estimate of drug-likeness (QED) is 0.239. The molecule has 64 heavy (non-hydrogen) atoms. The molecule has 4 heterocycles. The van der Waals surface area contributed by atoms with Gasteiger partial charge in [-0.2, -0.15) is 0 Å². The van der Waals surface area contributed by atoms with Gasteiger partial charge in [-0.05, 0) is 75.1 Å². The number of piperidine rings is 2. The first kappa shape index (κ1) is 51.8. The molecule has 0 atom stereocenters. The van der Waals surface area contributed by atoms with Crippen LogP contribution in [0.5, 0.6) is 0 Å². The zero-order valence-electron chi connectivity index (χ0n) is 39.2. The fourth-order valence-electron chi connectivity index (χ4n) is 10.8. The number of hydrogen-bond donors (Lipinski definition) is 2. The van der Waals surface area contributed by atoms with Crippen molar-refractivity contribution < 1.29 is 59.8 Å². The fraction of sp³-hybridized carbons (Fsp3) is 0.633. The van der Waals surface area contributed by atoms with Crippen molar-refractivity contribution in [2.24, 2.45) is 11.5 Å². The van der Waals surface area contributed by atoms with Gasteiger partial charge in [0.1, 0.15) is 18.7 Å². The van der Waals surface area contributed by atoms with E-state index in [0.29, 0.717) is 23.8 Å². The Morgan fingerprint density at radius 3 is 1.39 bits per heavy atom. The van der Waals surface area contributed by atoms with Crippen LogP contribution in [0.1, 0.15) is 135 Å². The zero-order chi connectivity index (χ0) is 44.7. The minimum Gasteiger partial charge on any atom is -1.00 e. The Balaban J connectivity index is 0.000000252. The summed E-state index contributed by atoms with van der Waals surface area (Å²) in [6.07, 6.45) is 22.9. The summed E-state index contributed by atoms with van der Waals surface area (Å²) in [7, 11) is 0. The van der Waals surface area contributed by atoms with E-state index in [1.165, 1.54) is 94.8 Å². The van der Waals surface area contributed by atoms with Crippen LogP contribution < -0.4 is 55.7 Å². The van der Waals surface area contributed by atoms with E-state index in [9.17, 15) is 28.8 Å². The van der Waals surface area contributed by atoms with Gasteiger partial charge in [0.2, 0.25) is 29.5 Å². The number of carbonyl (C=O) groups excluding carboxylic acids is 6. The van der Waals surface area contributed by atoms with Crippen molar-refractivity contribution in [3.05, 3.63) is 54.1 Å². The molecule has 0 bridgehead atoms. The van der Waals surface area contributed by atoms with Gasteiger partial charge in [-0.3, -0.25) is 28.8 Å². The number of alkyl halides is 1. The zero-order valence-corrected chi connectivity index (χ0v) is 41.8. The number of hydrogen-bond acceptors (Lipinski definition) is 8. The molecule has 6 aliphatic rings. The number of nitrogens with zero attached hydrogens (tertiary/aromatic N) is 5. The predicted molar refractivity (Wildman–Crippen MR) is 253 cm³/mol. The van der Waals surface area contributed by atoms with Crippen molar-refractivity contribution in [2.45, 2.75) is 159 Å². The third-order valence-electron chi connectivity index (χ3n) is 13.9. The van der Waals surface area contributed by atoms with Crippen LogP contribution in [0.4, 0.5) is 17.1 Å². The second-order valence-electron chi connectivity index (χ2n) is 18.3. The van der Waals surface area contributed by atoms with Crippen LogP contribution in [0.3, 0.4) is 0 Å². The largest absolute Gasteiger partial charge is 1.00 e. The molecule has 15 heteroatoms.